The molecular formula is C29H48O3. The molecule has 3 saturated carbocycles. The number of fused-ring (bicyclic) bond motifs is 5. The Morgan fingerprint density at radius 1 is 1.06 bits per heavy atom. The molecule has 0 saturated heterocycles. The van der Waals surface area contributed by atoms with Crippen molar-refractivity contribution >= 4 is 6.16 Å². The van der Waals surface area contributed by atoms with Gasteiger partial charge in [0.15, 0.2) is 0 Å². The molecule has 0 heterocycles. The maximum atomic E-state index is 11.6. The molecule has 3 fully saturated rings. The molecule has 8 atom stereocenters. The molecule has 0 aliphatic heterocycles. The Labute approximate surface area is 197 Å². The molecule has 0 bridgehead atoms. The Morgan fingerprint density at radius 2 is 1.84 bits per heavy atom. The molecule has 0 N–H and O–H groups in total. The summed E-state index contributed by atoms with van der Waals surface area (Å²) < 4.78 is 10.3. The van der Waals surface area contributed by atoms with E-state index in [9.17, 15) is 4.79 Å². The van der Waals surface area contributed by atoms with Crippen LogP contribution in [0, 0.1) is 46.3 Å². The first-order valence-corrected chi connectivity index (χ1v) is 13.6. The van der Waals surface area contributed by atoms with Crippen LogP contribution in [0.1, 0.15) is 105 Å². The first kappa shape index (κ1) is 24.1. The maximum absolute atomic E-state index is 11.6. The lowest BCUT2D eigenvalue weighted by atomic mass is 9.47. The van der Waals surface area contributed by atoms with Gasteiger partial charge in [-0.15, -0.1) is 0 Å². The Balaban J connectivity index is 1.45. The number of carbonyl (C=O) groups excluding carboxylic acids is 1. The van der Waals surface area contributed by atoms with E-state index < -0.39 is 6.16 Å². The van der Waals surface area contributed by atoms with Crippen molar-refractivity contribution in [1.29, 1.82) is 0 Å². The third-order valence-electron chi connectivity index (χ3n) is 10.7. The van der Waals surface area contributed by atoms with Crippen LogP contribution in [0.3, 0.4) is 0 Å². The van der Waals surface area contributed by atoms with E-state index in [4.69, 9.17) is 9.47 Å². The lowest BCUT2D eigenvalue weighted by Gasteiger charge is -2.58. The van der Waals surface area contributed by atoms with Crippen molar-refractivity contribution < 1.29 is 14.3 Å². The van der Waals surface area contributed by atoms with Crippen LogP contribution >= 0.6 is 0 Å². The van der Waals surface area contributed by atoms with E-state index in [1.165, 1.54) is 58.5 Å². The van der Waals surface area contributed by atoms with Crippen LogP contribution in [0.25, 0.3) is 0 Å². The van der Waals surface area contributed by atoms with E-state index in [1.54, 1.807) is 5.57 Å². The average Bonchev–Trinajstić information content (AvgIpc) is 3.11. The third-order valence-corrected chi connectivity index (χ3v) is 10.7. The predicted molar refractivity (Wildman–Crippen MR) is 130 cm³/mol. The lowest BCUT2D eigenvalue weighted by molar-refractivity contribution is -0.0608. The summed E-state index contributed by atoms with van der Waals surface area (Å²) in [5, 5.41) is 0. The summed E-state index contributed by atoms with van der Waals surface area (Å²) in [5.41, 5.74) is 2.42. The third kappa shape index (κ3) is 4.27. The molecule has 6 unspecified atom stereocenters. The molecule has 0 aromatic carbocycles. The zero-order chi connectivity index (χ0) is 23.1. The molecule has 4 aliphatic carbocycles. The van der Waals surface area contributed by atoms with Crippen LogP contribution in [0.4, 0.5) is 4.79 Å². The highest BCUT2D eigenvalue weighted by Crippen LogP contribution is 2.67. The molecule has 3 nitrogen and oxygen atoms in total. The normalized spacial score (nSPS) is 41.8. The van der Waals surface area contributed by atoms with E-state index >= 15 is 0 Å². The van der Waals surface area contributed by atoms with Gasteiger partial charge in [-0.2, -0.15) is 0 Å². The minimum absolute atomic E-state index is 0.00488. The zero-order valence-corrected chi connectivity index (χ0v) is 21.6. The fourth-order valence-corrected chi connectivity index (χ4v) is 8.94. The second-order valence-corrected chi connectivity index (χ2v) is 12.7. The van der Waals surface area contributed by atoms with Crippen LogP contribution in [0.2, 0.25) is 0 Å². The maximum Gasteiger partial charge on any atom is 0.508 e. The molecule has 3 heteroatoms. The Hall–Kier alpha value is -0.990. The molecule has 0 aromatic heterocycles. The van der Waals surface area contributed by atoms with Gasteiger partial charge >= 0.3 is 6.16 Å². The standard InChI is InChI=1S/C29H48O3/c1-19(2)8-7-9-20(3)24-12-13-25-23-11-10-21-18-22(32-27(30)31-6)14-16-28(21,4)26(23)15-17-29(24,25)5/h10,19-20,22-26H,7-9,11-18H2,1-6H3/t20?,22?,23?,24?,25?,26?,28-,29+/m0/s1. The van der Waals surface area contributed by atoms with Crippen molar-refractivity contribution in [2.45, 2.75) is 111 Å². The molecule has 0 aromatic rings. The lowest BCUT2D eigenvalue weighted by Crippen LogP contribution is -2.51. The second-order valence-electron chi connectivity index (χ2n) is 12.7. The molecule has 0 radical (unpaired) electrons. The summed E-state index contributed by atoms with van der Waals surface area (Å²) in [5.74, 6) is 5.20. The average molecular weight is 445 g/mol. The molecule has 0 amide bonds. The van der Waals surface area contributed by atoms with Crippen LogP contribution in [-0.2, 0) is 9.47 Å². The van der Waals surface area contributed by atoms with Gasteiger partial charge in [0.1, 0.15) is 6.10 Å². The van der Waals surface area contributed by atoms with E-state index in [-0.39, 0.29) is 6.10 Å². The van der Waals surface area contributed by atoms with E-state index in [0.29, 0.717) is 10.8 Å². The highest BCUT2D eigenvalue weighted by molar-refractivity contribution is 5.59. The summed E-state index contributed by atoms with van der Waals surface area (Å²) in [6.45, 7) is 12.5. The van der Waals surface area contributed by atoms with Crippen LogP contribution in [-0.4, -0.2) is 19.4 Å². The van der Waals surface area contributed by atoms with Gasteiger partial charge in [0.2, 0.25) is 0 Å². The van der Waals surface area contributed by atoms with Crippen molar-refractivity contribution in [2.24, 2.45) is 46.3 Å². The summed E-state index contributed by atoms with van der Waals surface area (Å²) >= 11 is 0. The minimum atomic E-state index is -0.527. The minimum Gasteiger partial charge on any atom is -0.438 e. The van der Waals surface area contributed by atoms with E-state index in [1.807, 2.05) is 0 Å². The van der Waals surface area contributed by atoms with Gasteiger partial charge < -0.3 is 9.47 Å². The molecular weight excluding hydrogens is 396 g/mol. The van der Waals surface area contributed by atoms with E-state index in [2.05, 4.69) is 40.7 Å². The quantitative estimate of drug-likeness (QED) is 0.306. The van der Waals surface area contributed by atoms with Gasteiger partial charge in [0.05, 0.1) is 7.11 Å². The smallest absolute Gasteiger partial charge is 0.438 e. The zero-order valence-electron chi connectivity index (χ0n) is 21.6. The highest BCUT2D eigenvalue weighted by atomic mass is 16.7. The fraction of sp³-hybridized carbons (Fsp3) is 0.897. The van der Waals surface area contributed by atoms with Crippen molar-refractivity contribution in [2.75, 3.05) is 7.11 Å². The highest BCUT2D eigenvalue weighted by Gasteiger charge is 2.59. The summed E-state index contributed by atoms with van der Waals surface area (Å²) in [6, 6.07) is 0. The van der Waals surface area contributed by atoms with Gasteiger partial charge in [0, 0.05) is 6.42 Å². The van der Waals surface area contributed by atoms with Crippen molar-refractivity contribution in [3.05, 3.63) is 11.6 Å². The van der Waals surface area contributed by atoms with Gasteiger partial charge in [-0.25, -0.2) is 4.79 Å². The largest absolute Gasteiger partial charge is 0.508 e. The molecule has 4 rings (SSSR count). The van der Waals surface area contributed by atoms with Gasteiger partial charge in [0.25, 0.3) is 0 Å². The van der Waals surface area contributed by atoms with Crippen LogP contribution in [0.5, 0.6) is 0 Å². The SMILES string of the molecule is COC(=O)OC1CC[C@@]2(C)C(=CCC3C4CCC(C(C)CCCC(C)C)[C@@]4(C)CCC32)C1. The number of carbonyl (C=O) groups is 1. The molecule has 0 spiro atoms. The molecule has 182 valence electrons. The van der Waals surface area contributed by atoms with Crippen molar-refractivity contribution in [1.82, 2.24) is 0 Å². The monoisotopic (exact) mass is 444 g/mol. The van der Waals surface area contributed by atoms with Gasteiger partial charge in [-0.1, -0.05) is 65.5 Å². The second kappa shape index (κ2) is 9.34. The first-order valence-electron chi connectivity index (χ1n) is 13.6. The first-order chi connectivity index (χ1) is 15.2. The number of allylic oxidation sites excluding steroid dienone is 1. The Bertz CT molecular complexity index is 711. The number of hydrogen-bond donors (Lipinski definition) is 0. The Kier molecular flexibility index (Phi) is 7.04. The topological polar surface area (TPSA) is 35.5 Å². The van der Waals surface area contributed by atoms with Crippen molar-refractivity contribution in [3.63, 3.8) is 0 Å². The summed E-state index contributed by atoms with van der Waals surface area (Å²) in [6.07, 6.45) is 16.2. The summed E-state index contributed by atoms with van der Waals surface area (Å²) in [7, 11) is 1.40. The number of methoxy groups -OCH3 is 1. The predicted octanol–water partition coefficient (Wildman–Crippen LogP) is 8.18. The molecule has 32 heavy (non-hydrogen) atoms. The number of rotatable bonds is 6. The fourth-order valence-electron chi connectivity index (χ4n) is 8.94. The van der Waals surface area contributed by atoms with Gasteiger partial charge in [-0.3, -0.25) is 0 Å². The Morgan fingerprint density at radius 3 is 2.56 bits per heavy atom. The summed E-state index contributed by atoms with van der Waals surface area (Å²) in [4.78, 5) is 11.6. The van der Waals surface area contributed by atoms with E-state index in [0.717, 1.165) is 54.8 Å². The number of ether oxygens (including phenoxy) is 2. The van der Waals surface area contributed by atoms with Crippen molar-refractivity contribution in [3.8, 4) is 0 Å². The van der Waals surface area contributed by atoms with Crippen LogP contribution < -0.4 is 0 Å². The molecule has 4 aliphatic rings. The number of hydrogen-bond acceptors (Lipinski definition) is 3. The van der Waals surface area contributed by atoms with Gasteiger partial charge in [-0.05, 0) is 91.3 Å². The van der Waals surface area contributed by atoms with Crippen LogP contribution in [0.15, 0.2) is 11.6 Å².